The normalized spacial score (nSPS) is 15.8. The van der Waals surface area contributed by atoms with Crippen molar-refractivity contribution in [3.63, 3.8) is 0 Å². The highest BCUT2D eigenvalue weighted by atomic mass is 16.5. The van der Waals surface area contributed by atoms with Gasteiger partial charge in [0.2, 0.25) is 0 Å². The lowest BCUT2D eigenvalue weighted by atomic mass is 9.82. The molecule has 0 bridgehead atoms. The standard InChI is InChI=1S/C17H34O2/c1-6-10-15(7-2)11-16(8-3)12-17(9-4)13-19-14(5)18/h15-17H,6-13H2,1-5H3. The van der Waals surface area contributed by atoms with E-state index < -0.39 is 0 Å². The van der Waals surface area contributed by atoms with Gasteiger partial charge < -0.3 is 4.74 Å². The first kappa shape index (κ1) is 18.5. The fourth-order valence-electron chi connectivity index (χ4n) is 2.86. The molecule has 0 spiro atoms. The molecule has 0 radical (unpaired) electrons. The first-order valence-corrected chi connectivity index (χ1v) is 8.20. The van der Waals surface area contributed by atoms with E-state index in [0.717, 1.165) is 18.3 Å². The van der Waals surface area contributed by atoms with Crippen molar-refractivity contribution in [2.45, 2.75) is 79.6 Å². The monoisotopic (exact) mass is 270 g/mol. The van der Waals surface area contributed by atoms with E-state index in [4.69, 9.17) is 4.74 Å². The maximum absolute atomic E-state index is 10.9. The topological polar surface area (TPSA) is 26.3 Å². The van der Waals surface area contributed by atoms with Crippen molar-refractivity contribution >= 4 is 5.97 Å². The van der Waals surface area contributed by atoms with Gasteiger partial charge in [-0.25, -0.2) is 0 Å². The quantitative estimate of drug-likeness (QED) is 0.482. The Balaban J connectivity index is 4.22. The lowest BCUT2D eigenvalue weighted by molar-refractivity contribution is -0.142. The second-order valence-electron chi connectivity index (χ2n) is 5.89. The summed E-state index contributed by atoms with van der Waals surface area (Å²) in [6.45, 7) is 11.2. The maximum Gasteiger partial charge on any atom is 0.302 e. The van der Waals surface area contributed by atoms with E-state index in [-0.39, 0.29) is 5.97 Å². The molecule has 0 N–H and O–H groups in total. The van der Waals surface area contributed by atoms with Gasteiger partial charge in [0.1, 0.15) is 0 Å². The molecule has 2 nitrogen and oxygen atoms in total. The summed E-state index contributed by atoms with van der Waals surface area (Å²) in [5.41, 5.74) is 0. The van der Waals surface area contributed by atoms with E-state index in [1.165, 1.54) is 45.4 Å². The molecule has 0 aromatic heterocycles. The zero-order chi connectivity index (χ0) is 14.7. The van der Waals surface area contributed by atoms with Gasteiger partial charge in [0, 0.05) is 6.92 Å². The van der Waals surface area contributed by atoms with E-state index in [0.29, 0.717) is 12.5 Å². The Morgan fingerprint density at radius 1 is 0.895 bits per heavy atom. The van der Waals surface area contributed by atoms with Crippen molar-refractivity contribution in [1.82, 2.24) is 0 Å². The highest BCUT2D eigenvalue weighted by Crippen LogP contribution is 2.28. The van der Waals surface area contributed by atoms with Crippen LogP contribution in [0.15, 0.2) is 0 Å². The number of carbonyl (C=O) groups excluding carboxylic acids is 1. The van der Waals surface area contributed by atoms with Crippen LogP contribution < -0.4 is 0 Å². The van der Waals surface area contributed by atoms with Gasteiger partial charge in [-0.2, -0.15) is 0 Å². The third kappa shape index (κ3) is 9.07. The maximum atomic E-state index is 10.9. The molecular formula is C17H34O2. The molecule has 0 aromatic carbocycles. The van der Waals surface area contributed by atoms with Gasteiger partial charge in [-0.3, -0.25) is 4.79 Å². The van der Waals surface area contributed by atoms with Crippen LogP contribution in [0.25, 0.3) is 0 Å². The van der Waals surface area contributed by atoms with Crippen LogP contribution in [0, 0.1) is 17.8 Å². The zero-order valence-electron chi connectivity index (χ0n) is 13.7. The van der Waals surface area contributed by atoms with Crippen LogP contribution in [0.4, 0.5) is 0 Å². The fraction of sp³-hybridized carbons (Fsp3) is 0.941. The van der Waals surface area contributed by atoms with Crippen molar-refractivity contribution in [2.24, 2.45) is 17.8 Å². The average molecular weight is 270 g/mol. The van der Waals surface area contributed by atoms with Crippen LogP contribution >= 0.6 is 0 Å². The highest BCUT2D eigenvalue weighted by Gasteiger charge is 2.18. The molecular weight excluding hydrogens is 236 g/mol. The Morgan fingerprint density at radius 3 is 1.84 bits per heavy atom. The second-order valence-corrected chi connectivity index (χ2v) is 5.89. The van der Waals surface area contributed by atoms with Crippen molar-refractivity contribution in [1.29, 1.82) is 0 Å². The zero-order valence-corrected chi connectivity index (χ0v) is 13.7. The summed E-state index contributed by atoms with van der Waals surface area (Å²) in [4.78, 5) is 10.9. The van der Waals surface area contributed by atoms with Crippen LogP contribution in [0.1, 0.15) is 79.6 Å². The molecule has 0 amide bonds. The third-order valence-electron chi connectivity index (χ3n) is 4.28. The molecule has 0 aliphatic heterocycles. The van der Waals surface area contributed by atoms with Crippen LogP contribution in [-0.2, 0) is 9.53 Å². The molecule has 0 heterocycles. The van der Waals surface area contributed by atoms with Crippen molar-refractivity contribution < 1.29 is 9.53 Å². The lowest BCUT2D eigenvalue weighted by Gasteiger charge is -2.25. The molecule has 0 aliphatic carbocycles. The predicted molar refractivity (Wildman–Crippen MR) is 82.1 cm³/mol. The molecule has 0 saturated carbocycles. The third-order valence-corrected chi connectivity index (χ3v) is 4.28. The van der Waals surface area contributed by atoms with Crippen LogP contribution in [-0.4, -0.2) is 12.6 Å². The van der Waals surface area contributed by atoms with E-state index in [1.54, 1.807) is 0 Å². The largest absolute Gasteiger partial charge is 0.466 e. The van der Waals surface area contributed by atoms with Crippen LogP contribution in [0.3, 0.4) is 0 Å². The molecule has 0 aromatic rings. The summed E-state index contributed by atoms with van der Waals surface area (Å²) < 4.78 is 5.18. The summed E-state index contributed by atoms with van der Waals surface area (Å²) in [5.74, 6) is 2.05. The number of rotatable bonds is 11. The first-order valence-electron chi connectivity index (χ1n) is 8.20. The predicted octanol–water partition coefficient (Wildman–Crippen LogP) is 5.21. The number of hydrogen-bond donors (Lipinski definition) is 0. The van der Waals surface area contributed by atoms with Gasteiger partial charge in [0.05, 0.1) is 6.61 Å². The number of ether oxygens (including phenoxy) is 1. The molecule has 3 unspecified atom stereocenters. The SMILES string of the molecule is CCCC(CC)CC(CC)CC(CC)COC(C)=O. The summed E-state index contributed by atoms with van der Waals surface area (Å²) in [7, 11) is 0. The Kier molecular flexibility index (Phi) is 11.0. The molecule has 114 valence electrons. The van der Waals surface area contributed by atoms with Crippen molar-refractivity contribution in [2.75, 3.05) is 6.61 Å². The lowest BCUT2D eigenvalue weighted by Crippen LogP contribution is -2.17. The minimum absolute atomic E-state index is 0.149. The van der Waals surface area contributed by atoms with Crippen molar-refractivity contribution in [3.05, 3.63) is 0 Å². The van der Waals surface area contributed by atoms with E-state index >= 15 is 0 Å². The van der Waals surface area contributed by atoms with Gasteiger partial charge in [-0.1, -0.05) is 59.8 Å². The van der Waals surface area contributed by atoms with E-state index in [9.17, 15) is 4.79 Å². The molecule has 19 heavy (non-hydrogen) atoms. The molecule has 2 heteroatoms. The summed E-state index contributed by atoms with van der Waals surface area (Å²) in [5, 5.41) is 0. The van der Waals surface area contributed by atoms with Gasteiger partial charge in [0.25, 0.3) is 0 Å². The minimum atomic E-state index is -0.149. The second kappa shape index (κ2) is 11.3. The number of carbonyl (C=O) groups is 1. The number of esters is 1. The Morgan fingerprint density at radius 2 is 1.42 bits per heavy atom. The number of hydrogen-bond acceptors (Lipinski definition) is 2. The summed E-state index contributed by atoms with van der Waals surface area (Å²) >= 11 is 0. The molecule has 0 saturated heterocycles. The van der Waals surface area contributed by atoms with Gasteiger partial charge in [-0.15, -0.1) is 0 Å². The average Bonchev–Trinajstić information content (AvgIpc) is 2.40. The Hall–Kier alpha value is -0.530. The molecule has 0 aliphatic rings. The van der Waals surface area contributed by atoms with Crippen LogP contribution in [0.2, 0.25) is 0 Å². The first-order chi connectivity index (χ1) is 9.07. The van der Waals surface area contributed by atoms with Gasteiger partial charge in [0.15, 0.2) is 0 Å². The smallest absolute Gasteiger partial charge is 0.302 e. The minimum Gasteiger partial charge on any atom is -0.466 e. The highest BCUT2D eigenvalue weighted by molar-refractivity contribution is 5.65. The molecule has 0 fully saturated rings. The van der Waals surface area contributed by atoms with Crippen molar-refractivity contribution in [3.8, 4) is 0 Å². The molecule has 3 atom stereocenters. The van der Waals surface area contributed by atoms with Crippen LogP contribution in [0.5, 0.6) is 0 Å². The summed E-state index contributed by atoms with van der Waals surface area (Å²) in [6.07, 6.45) is 8.85. The Labute approximate surface area is 120 Å². The summed E-state index contributed by atoms with van der Waals surface area (Å²) in [6, 6.07) is 0. The molecule has 0 rings (SSSR count). The van der Waals surface area contributed by atoms with Gasteiger partial charge in [-0.05, 0) is 30.6 Å². The fourth-order valence-corrected chi connectivity index (χ4v) is 2.86. The van der Waals surface area contributed by atoms with Gasteiger partial charge >= 0.3 is 5.97 Å². The van der Waals surface area contributed by atoms with E-state index in [2.05, 4.69) is 27.7 Å². The van der Waals surface area contributed by atoms with E-state index in [1.807, 2.05) is 0 Å². The Bertz CT molecular complexity index is 225.